The fourth-order valence-corrected chi connectivity index (χ4v) is 1.78. The molecular weight excluding hydrogens is 224 g/mol. The predicted octanol–water partition coefficient (Wildman–Crippen LogP) is 1.82. The molecule has 0 aliphatic heterocycles. The van der Waals surface area contributed by atoms with Crippen LogP contribution in [0.25, 0.3) is 5.57 Å². The van der Waals surface area contributed by atoms with Crippen molar-refractivity contribution in [1.29, 1.82) is 0 Å². The van der Waals surface area contributed by atoms with Gasteiger partial charge in [0.1, 0.15) is 0 Å². The van der Waals surface area contributed by atoms with Gasteiger partial charge >= 0.3 is 0 Å². The maximum atomic E-state index is 11.4. The van der Waals surface area contributed by atoms with E-state index in [0.717, 1.165) is 37.1 Å². The molecule has 96 valence electrons. The van der Waals surface area contributed by atoms with E-state index in [4.69, 9.17) is 0 Å². The summed E-state index contributed by atoms with van der Waals surface area (Å²) in [5, 5.41) is 6.21. The van der Waals surface area contributed by atoms with Crippen molar-refractivity contribution >= 4 is 11.5 Å². The molecule has 0 radical (unpaired) electrons. The highest BCUT2D eigenvalue weighted by molar-refractivity contribution is 5.80. The van der Waals surface area contributed by atoms with E-state index in [-0.39, 0.29) is 5.91 Å². The van der Waals surface area contributed by atoms with Gasteiger partial charge in [0.15, 0.2) is 0 Å². The first-order valence-corrected chi connectivity index (χ1v) is 6.49. The number of hydrogen-bond acceptors (Lipinski definition) is 2. The molecule has 2 N–H and O–H groups in total. The third-order valence-electron chi connectivity index (χ3n) is 3.07. The average molecular weight is 244 g/mol. The fraction of sp³-hybridized carbons (Fsp3) is 0.400. The largest absolute Gasteiger partial charge is 0.355 e. The summed E-state index contributed by atoms with van der Waals surface area (Å²) in [7, 11) is 0. The van der Waals surface area contributed by atoms with Crippen LogP contribution < -0.4 is 10.6 Å². The Morgan fingerprint density at radius 3 is 2.61 bits per heavy atom. The SMILES string of the molecule is C=C(CNCCNC(=O)C1CC1)c1ccccc1. The zero-order valence-corrected chi connectivity index (χ0v) is 10.6. The van der Waals surface area contributed by atoms with Crippen LogP contribution in [0, 0.1) is 5.92 Å². The van der Waals surface area contributed by atoms with Crippen LogP contribution in [0.15, 0.2) is 36.9 Å². The molecule has 0 saturated heterocycles. The lowest BCUT2D eigenvalue weighted by molar-refractivity contribution is -0.122. The van der Waals surface area contributed by atoms with Gasteiger partial charge < -0.3 is 10.6 Å². The zero-order valence-electron chi connectivity index (χ0n) is 10.6. The number of amides is 1. The van der Waals surface area contributed by atoms with Gasteiger partial charge in [-0.2, -0.15) is 0 Å². The topological polar surface area (TPSA) is 41.1 Å². The van der Waals surface area contributed by atoms with Crippen LogP contribution in [-0.4, -0.2) is 25.5 Å². The Morgan fingerprint density at radius 2 is 1.94 bits per heavy atom. The molecule has 1 fully saturated rings. The third-order valence-corrected chi connectivity index (χ3v) is 3.07. The summed E-state index contributed by atoms with van der Waals surface area (Å²) in [5.74, 6) is 0.503. The van der Waals surface area contributed by atoms with Gasteiger partial charge in [-0.15, -0.1) is 0 Å². The minimum Gasteiger partial charge on any atom is -0.355 e. The van der Waals surface area contributed by atoms with Crippen molar-refractivity contribution in [2.75, 3.05) is 19.6 Å². The van der Waals surface area contributed by atoms with Crippen molar-refractivity contribution in [3.05, 3.63) is 42.5 Å². The Labute approximate surface area is 108 Å². The van der Waals surface area contributed by atoms with Gasteiger partial charge in [0.05, 0.1) is 0 Å². The number of benzene rings is 1. The maximum Gasteiger partial charge on any atom is 0.223 e. The molecule has 3 nitrogen and oxygen atoms in total. The molecule has 1 aromatic rings. The molecule has 1 aliphatic carbocycles. The lowest BCUT2D eigenvalue weighted by Crippen LogP contribution is -2.33. The minimum absolute atomic E-state index is 0.207. The van der Waals surface area contributed by atoms with E-state index < -0.39 is 0 Å². The van der Waals surface area contributed by atoms with Crippen LogP contribution in [0.4, 0.5) is 0 Å². The molecule has 1 saturated carbocycles. The van der Waals surface area contributed by atoms with Crippen molar-refractivity contribution < 1.29 is 4.79 Å². The molecule has 0 atom stereocenters. The number of carbonyl (C=O) groups excluding carboxylic acids is 1. The van der Waals surface area contributed by atoms with Gasteiger partial charge in [0.2, 0.25) is 5.91 Å². The lowest BCUT2D eigenvalue weighted by Gasteiger charge is -2.08. The smallest absolute Gasteiger partial charge is 0.223 e. The number of carbonyl (C=O) groups is 1. The summed E-state index contributed by atoms with van der Waals surface area (Å²) in [6.07, 6.45) is 2.12. The number of rotatable bonds is 7. The van der Waals surface area contributed by atoms with Gasteiger partial charge in [0.25, 0.3) is 0 Å². The average Bonchev–Trinajstić information content (AvgIpc) is 3.23. The van der Waals surface area contributed by atoms with Crippen LogP contribution in [-0.2, 0) is 4.79 Å². The van der Waals surface area contributed by atoms with Crippen molar-refractivity contribution in [2.24, 2.45) is 5.92 Å². The Hall–Kier alpha value is -1.61. The standard InChI is InChI=1S/C15H20N2O/c1-12(13-5-3-2-4-6-13)11-16-9-10-17-15(18)14-7-8-14/h2-6,14,16H,1,7-11H2,(H,17,18). The summed E-state index contributed by atoms with van der Waals surface area (Å²) in [6.45, 7) is 6.27. The highest BCUT2D eigenvalue weighted by atomic mass is 16.2. The summed E-state index contributed by atoms with van der Waals surface area (Å²) < 4.78 is 0. The number of nitrogens with one attached hydrogen (secondary N) is 2. The molecule has 0 aromatic heterocycles. The molecule has 0 heterocycles. The Kier molecular flexibility index (Phi) is 4.53. The second kappa shape index (κ2) is 6.36. The first-order chi connectivity index (χ1) is 8.77. The van der Waals surface area contributed by atoms with E-state index in [2.05, 4.69) is 29.3 Å². The quantitative estimate of drug-likeness (QED) is 0.718. The van der Waals surface area contributed by atoms with E-state index in [9.17, 15) is 4.79 Å². The van der Waals surface area contributed by atoms with Gasteiger partial charge in [-0.25, -0.2) is 0 Å². The second-order valence-corrected chi connectivity index (χ2v) is 4.71. The van der Waals surface area contributed by atoms with Crippen LogP contribution in [0.1, 0.15) is 18.4 Å². The van der Waals surface area contributed by atoms with Crippen molar-refractivity contribution in [3.63, 3.8) is 0 Å². The molecule has 0 spiro atoms. The summed E-state index contributed by atoms with van der Waals surface area (Å²) >= 11 is 0. The molecule has 1 aromatic carbocycles. The number of hydrogen-bond donors (Lipinski definition) is 2. The molecule has 0 unspecified atom stereocenters. The molecule has 0 bridgehead atoms. The van der Waals surface area contributed by atoms with Crippen molar-refractivity contribution in [2.45, 2.75) is 12.8 Å². The summed E-state index contributed by atoms with van der Waals surface area (Å²) in [5.41, 5.74) is 2.23. The predicted molar refractivity (Wildman–Crippen MR) is 74.1 cm³/mol. The van der Waals surface area contributed by atoms with Gasteiger partial charge in [0, 0.05) is 25.6 Å². The molecular formula is C15H20N2O. The Bertz CT molecular complexity index is 410. The van der Waals surface area contributed by atoms with Crippen LogP contribution in [0.3, 0.4) is 0 Å². The van der Waals surface area contributed by atoms with Crippen LogP contribution >= 0.6 is 0 Å². The first kappa shape index (κ1) is 12.8. The normalized spacial score (nSPS) is 14.2. The van der Waals surface area contributed by atoms with Gasteiger partial charge in [-0.1, -0.05) is 36.9 Å². The van der Waals surface area contributed by atoms with Crippen molar-refractivity contribution in [3.8, 4) is 0 Å². The van der Waals surface area contributed by atoms with Crippen molar-refractivity contribution in [1.82, 2.24) is 10.6 Å². The highest BCUT2D eigenvalue weighted by Crippen LogP contribution is 2.28. The molecule has 3 heteroatoms. The maximum absolute atomic E-state index is 11.4. The van der Waals surface area contributed by atoms with Crippen LogP contribution in [0.2, 0.25) is 0 Å². The molecule has 2 rings (SSSR count). The minimum atomic E-state index is 0.207. The monoisotopic (exact) mass is 244 g/mol. The summed E-state index contributed by atoms with van der Waals surface area (Å²) in [6, 6.07) is 10.1. The summed E-state index contributed by atoms with van der Waals surface area (Å²) in [4.78, 5) is 11.4. The highest BCUT2D eigenvalue weighted by Gasteiger charge is 2.28. The second-order valence-electron chi connectivity index (χ2n) is 4.71. The Balaban J connectivity index is 1.57. The van der Waals surface area contributed by atoms with Crippen LogP contribution in [0.5, 0.6) is 0 Å². The molecule has 1 aliphatic rings. The zero-order chi connectivity index (χ0) is 12.8. The third kappa shape index (κ3) is 4.00. The molecule has 1 amide bonds. The Morgan fingerprint density at radius 1 is 1.22 bits per heavy atom. The van der Waals surface area contributed by atoms with E-state index >= 15 is 0 Å². The van der Waals surface area contributed by atoms with E-state index in [1.807, 2.05) is 18.2 Å². The van der Waals surface area contributed by atoms with Gasteiger partial charge in [-0.05, 0) is 24.0 Å². The van der Waals surface area contributed by atoms with E-state index in [1.54, 1.807) is 0 Å². The van der Waals surface area contributed by atoms with Gasteiger partial charge in [-0.3, -0.25) is 4.79 Å². The lowest BCUT2D eigenvalue weighted by atomic mass is 10.1. The van der Waals surface area contributed by atoms with E-state index in [1.165, 1.54) is 0 Å². The molecule has 18 heavy (non-hydrogen) atoms. The fourth-order valence-electron chi connectivity index (χ4n) is 1.78. The first-order valence-electron chi connectivity index (χ1n) is 6.49. The van der Waals surface area contributed by atoms with E-state index in [0.29, 0.717) is 12.5 Å².